The Morgan fingerprint density at radius 1 is 1.00 bits per heavy atom. The van der Waals surface area contributed by atoms with Crippen LogP contribution in [0.4, 0.5) is 4.79 Å². The summed E-state index contributed by atoms with van der Waals surface area (Å²) in [6.45, 7) is 3.73. The number of alkyl carbamates (subject to hydrolysis) is 1. The summed E-state index contributed by atoms with van der Waals surface area (Å²) >= 11 is 0. The largest absolute Gasteiger partial charge is 0.507 e. The van der Waals surface area contributed by atoms with Crippen molar-refractivity contribution in [2.24, 2.45) is 5.92 Å². The van der Waals surface area contributed by atoms with Crippen molar-refractivity contribution in [3.63, 3.8) is 0 Å². The highest BCUT2D eigenvalue weighted by atomic mass is 16.6. The number of aromatic hydroxyl groups is 1. The number of rotatable bonds is 8. The molecule has 0 bridgehead atoms. The minimum absolute atomic E-state index is 0.0272. The van der Waals surface area contributed by atoms with E-state index >= 15 is 0 Å². The summed E-state index contributed by atoms with van der Waals surface area (Å²) < 4.78 is 16.6. The Hall–Kier alpha value is -4.59. The number of esters is 1. The maximum absolute atomic E-state index is 13.1. The molecular weight excluding hydrogens is 474 g/mol. The lowest BCUT2D eigenvalue weighted by Gasteiger charge is -2.22. The average Bonchev–Trinajstić information content (AvgIpc) is 2.90. The lowest BCUT2D eigenvalue weighted by Crippen LogP contribution is -2.47. The summed E-state index contributed by atoms with van der Waals surface area (Å²) in [6.07, 6.45) is -0.178. The molecular formula is C29H27NO7. The predicted octanol–water partition coefficient (Wildman–Crippen LogP) is 5.41. The molecule has 0 aliphatic rings. The molecule has 0 unspecified atom stereocenters. The fourth-order valence-electron chi connectivity index (χ4n) is 3.79. The summed E-state index contributed by atoms with van der Waals surface area (Å²) in [6, 6.07) is 21.0. The van der Waals surface area contributed by atoms with Gasteiger partial charge in [-0.05, 0) is 11.5 Å². The molecule has 1 aromatic heterocycles. The second-order valence-corrected chi connectivity index (χ2v) is 8.65. The molecule has 0 fully saturated rings. The number of amides is 1. The third kappa shape index (κ3) is 6.16. The first-order chi connectivity index (χ1) is 17.9. The van der Waals surface area contributed by atoms with Crippen molar-refractivity contribution in [1.82, 2.24) is 5.32 Å². The number of carbonyl (C=O) groups is 2. The summed E-state index contributed by atoms with van der Waals surface area (Å²) in [5.74, 6) is -1.12. The third-order valence-electron chi connectivity index (χ3n) is 6.01. The number of benzene rings is 3. The van der Waals surface area contributed by atoms with Gasteiger partial charge in [-0.1, -0.05) is 80.9 Å². The third-order valence-corrected chi connectivity index (χ3v) is 6.01. The quantitative estimate of drug-likeness (QED) is 0.245. The molecule has 1 heterocycles. The van der Waals surface area contributed by atoms with Gasteiger partial charge in [0.05, 0.1) is 0 Å². The lowest BCUT2D eigenvalue weighted by molar-refractivity contribution is -0.138. The van der Waals surface area contributed by atoms with Crippen molar-refractivity contribution < 1.29 is 28.6 Å². The van der Waals surface area contributed by atoms with Crippen molar-refractivity contribution in [2.75, 3.05) is 0 Å². The van der Waals surface area contributed by atoms with E-state index in [-0.39, 0.29) is 35.0 Å². The van der Waals surface area contributed by atoms with Crippen molar-refractivity contribution in [3.8, 4) is 22.8 Å². The zero-order valence-corrected chi connectivity index (χ0v) is 20.5. The number of carbonyl (C=O) groups excluding carboxylic acids is 2. The first-order valence-electron chi connectivity index (χ1n) is 11.9. The van der Waals surface area contributed by atoms with E-state index in [1.54, 1.807) is 19.1 Å². The summed E-state index contributed by atoms with van der Waals surface area (Å²) in [5, 5.41) is 13.0. The molecule has 2 atom stereocenters. The number of nitrogens with one attached hydrogen (secondary N) is 1. The number of ether oxygens (including phenoxy) is 2. The zero-order valence-electron chi connectivity index (χ0n) is 20.5. The van der Waals surface area contributed by atoms with Gasteiger partial charge in [0.2, 0.25) is 0 Å². The van der Waals surface area contributed by atoms with Gasteiger partial charge in [0.15, 0.2) is 5.43 Å². The second kappa shape index (κ2) is 11.4. The van der Waals surface area contributed by atoms with E-state index in [0.29, 0.717) is 17.7 Å². The number of hydrogen-bond donors (Lipinski definition) is 2. The van der Waals surface area contributed by atoms with E-state index in [9.17, 15) is 19.5 Å². The lowest BCUT2D eigenvalue weighted by atomic mass is 9.99. The van der Waals surface area contributed by atoms with Crippen LogP contribution >= 0.6 is 0 Å². The molecule has 190 valence electrons. The predicted molar refractivity (Wildman–Crippen MR) is 138 cm³/mol. The monoisotopic (exact) mass is 501 g/mol. The molecule has 0 saturated heterocycles. The van der Waals surface area contributed by atoms with Gasteiger partial charge < -0.3 is 24.3 Å². The second-order valence-electron chi connectivity index (χ2n) is 8.65. The van der Waals surface area contributed by atoms with Gasteiger partial charge in [-0.25, -0.2) is 9.59 Å². The highest BCUT2D eigenvalue weighted by Gasteiger charge is 2.29. The Balaban J connectivity index is 1.54. The standard InChI is InChI=1S/C29H27NO7/c1-3-18(2)27(30-29(34)35-17-19-10-6-4-7-11-19)28(33)36-21-14-22(31)26-23(32)16-24(37-25(26)15-21)20-12-8-5-9-13-20/h4-16,18,27,31H,3,17H2,1-2H3,(H,30,34)/t18-,27-/m0/s1. The Morgan fingerprint density at radius 2 is 1.68 bits per heavy atom. The van der Waals surface area contributed by atoms with Crippen LogP contribution in [0.15, 0.2) is 88.1 Å². The van der Waals surface area contributed by atoms with E-state index < -0.39 is 23.5 Å². The van der Waals surface area contributed by atoms with Gasteiger partial charge >= 0.3 is 12.1 Å². The van der Waals surface area contributed by atoms with E-state index in [1.165, 1.54) is 18.2 Å². The van der Waals surface area contributed by atoms with Crippen LogP contribution in [0, 0.1) is 5.92 Å². The van der Waals surface area contributed by atoms with Gasteiger partial charge in [0.25, 0.3) is 0 Å². The van der Waals surface area contributed by atoms with Crippen LogP contribution in [-0.2, 0) is 16.1 Å². The minimum Gasteiger partial charge on any atom is -0.507 e. The van der Waals surface area contributed by atoms with Crippen LogP contribution in [0.3, 0.4) is 0 Å². The molecule has 3 aromatic carbocycles. The summed E-state index contributed by atoms with van der Waals surface area (Å²) in [5.41, 5.74) is 1.11. The van der Waals surface area contributed by atoms with E-state index in [4.69, 9.17) is 13.9 Å². The molecule has 4 rings (SSSR count). The van der Waals surface area contributed by atoms with Gasteiger partial charge in [0.1, 0.15) is 40.9 Å². The molecule has 0 radical (unpaired) electrons. The fourth-order valence-corrected chi connectivity index (χ4v) is 3.79. The van der Waals surface area contributed by atoms with E-state index in [0.717, 1.165) is 5.56 Å². The van der Waals surface area contributed by atoms with Crippen LogP contribution in [0.2, 0.25) is 0 Å². The Bertz CT molecular complexity index is 1450. The minimum atomic E-state index is -1.01. The molecule has 0 saturated carbocycles. The maximum Gasteiger partial charge on any atom is 0.408 e. The first kappa shape index (κ1) is 25.5. The molecule has 4 aromatic rings. The van der Waals surface area contributed by atoms with Crippen LogP contribution in [0.1, 0.15) is 25.8 Å². The normalized spacial score (nSPS) is 12.5. The van der Waals surface area contributed by atoms with Crippen LogP contribution < -0.4 is 15.5 Å². The van der Waals surface area contributed by atoms with Crippen LogP contribution in [0.5, 0.6) is 11.5 Å². The maximum atomic E-state index is 13.1. The van der Waals surface area contributed by atoms with Gasteiger partial charge in [-0.3, -0.25) is 4.79 Å². The zero-order chi connectivity index (χ0) is 26.4. The summed E-state index contributed by atoms with van der Waals surface area (Å²) in [7, 11) is 0. The van der Waals surface area contributed by atoms with E-state index in [1.807, 2.05) is 55.5 Å². The van der Waals surface area contributed by atoms with Gasteiger partial charge in [-0.2, -0.15) is 0 Å². The Morgan fingerprint density at radius 3 is 2.35 bits per heavy atom. The molecule has 1 amide bonds. The van der Waals surface area contributed by atoms with Gasteiger partial charge in [-0.15, -0.1) is 0 Å². The number of hydrogen-bond acceptors (Lipinski definition) is 7. The highest BCUT2D eigenvalue weighted by Crippen LogP contribution is 2.31. The molecule has 0 spiro atoms. The molecule has 0 aliphatic carbocycles. The summed E-state index contributed by atoms with van der Waals surface area (Å²) in [4.78, 5) is 38.1. The fraction of sp³-hybridized carbons (Fsp3) is 0.207. The topological polar surface area (TPSA) is 115 Å². The van der Waals surface area contributed by atoms with Crippen molar-refractivity contribution >= 4 is 23.0 Å². The van der Waals surface area contributed by atoms with E-state index in [2.05, 4.69) is 5.32 Å². The smallest absolute Gasteiger partial charge is 0.408 e. The SMILES string of the molecule is CC[C@H](C)[C@H](NC(=O)OCc1ccccc1)C(=O)Oc1cc(O)c2c(=O)cc(-c3ccccc3)oc2c1. The molecule has 8 heteroatoms. The van der Waals surface area contributed by atoms with Gasteiger partial charge in [0, 0.05) is 23.8 Å². The first-order valence-corrected chi connectivity index (χ1v) is 11.9. The Labute approximate surface area is 213 Å². The number of phenols is 1. The Kier molecular flexibility index (Phi) is 7.88. The number of phenolic OH excluding ortho intramolecular Hbond substituents is 1. The van der Waals surface area contributed by atoms with Crippen LogP contribution in [-0.4, -0.2) is 23.2 Å². The molecule has 8 nitrogen and oxygen atoms in total. The molecule has 37 heavy (non-hydrogen) atoms. The average molecular weight is 502 g/mol. The van der Waals surface area contributed by atoms with Crippen LogP contribution in [0.25, 0.3) is 22.3 Å². The molecule has 2 N–H and O–H groups in total. The highest BCUT2D eigenvalue weighted by molar-refractivity contribution is 5.88. The van der Waals surface area contributed by atoms with Crippen molar-refractivity contribution in [1.29, 1.82) is 0 Å². The number of fused-ring (bicyclic) bond motifs is 1. The molecule has 0 aliphatic heterocycles. The van der Waals surface area contributed by atoms with Crippen molar-refractivity contribution in [2.45, 2.75) is 32.9 Å². The van der Waals surface area contributed by atoms with Crippen molar-refractivity contribution in [3.05, 3.63) is 94.6 Å².